The van der Waals surface area contributed by atoms with Crippen LogP contribution in [0.5, 0.6) is 0 Å². The molecule has 5 heteroatoms. The van der Waals surface area contributed by atoms with Gasteiger partial charge in [0.15, 0.2) is 0 Å². The quantitative estimate of drug-likeness (QED) is 0.408. The van der Waals surface area contributed by atoms with Crippen molar-refractivity contribution < 1.29 is 14.4 Å². The molecule has 2 atom stereocenters. The second kappa shape index (κ2) is 6.24. The van der Waals surface area contributed by atoms with E-state index >= 15 is 0 Å². The van der Waals surface area contributed by atoms with E-state index in [2.05, 4.69) is 15.9 Å². The van der Waals surface area contributed by atoms with Gasteiger partial charge < -0.3 is 4.79 Å². The van der Waals surface area contributed by atoms with E-state index < -0.39 is 17.3 Å². The number of aldehydes is 1. The highest BCUT2D eigenvalue weighted by Gasteiger charge is 2.68. The van der Waals surface area contributed by atoms with Gasteiger partial charge in [-0.05, 0) is 46.9 Å². The van der Waals surface area contributed by atoms with E-state index in [1.54, 1.807) is 12.1 Å². The molecular weight excluding hydrogens is 454 g/mol. The molecule has 1 heterocycles. The van der Waals surface area contributed by atoms with Gasteiger partial charge in [-0.25, -0.2) is 4.90 Å². The Bertz CT molecular complexity index is 1270. The highest BCUT2D eigenvalue weighted by atomic mass is 79.9. The van der Waals surface area contributed by atoms with E-state index in [1.165, 1.54) is 4.90 Å². The van der Waals surface area contributed by atoms with Crippen LogP contribution in [0.25, 0.3) is 0 Å². The Morgan fingerprint density at radius 1 is 0.903 bits per heavy atom. The average molecular weight is 472 g/mol. The predicted molar refractivity (Wildman–Crippen MR) is 120 cm³/mol. The number of benzene rings is 3. The molecular formula is C26H18BrNO3. The molecule has 31 heavy (non-hydrogen) atoms. The average Bonchev–Trinajstić information content (AvgIpc) is 3.07. The second-order valence-corrected chi connectivity index (χ2v) is 9.44. The lowest BCUT2D eigenvalue weighted by Gasteiger charge is -2.51. The Morgan fingerprint density at radius 3 is 2.10 bits per heavy atom. The number of anilines is 1. The Balaban J connectivity index is 1.63. The van der Waals surface area contributed by atoms with Crippen molar-refractivity contribution in [3.63, 3.8) is 0 Å². The minimum absolute atomic E-state index is 0.231. The first kappa shape index (κ1) is 18.7. The maximum Gasteiger partial charge on any atom is 0.239 e. The third-order valence-corrected chi connectivity index (χ3v) is 8.14. The van der Waals surface area contributed by atoms with E-state index in [4.69, 9.17) is 0 Å². The fourth-order valence-electron chi connectivity index (χ4n) is 6.01. The second-order valence-electron chi connectivity index (χ2n) is 8.59. The Kier molecular flexibility index (Phi) is 3.76. The van der Waals surface area contributed by atoms with E-state index in [-0.39, 0.29) is 17.7 Å². The number of aryl methyl sites for hydroxylation is 1. The Labute approximate surface area is 188 Å². The molecule has 0 N–H and O–H groups in total. The molecule has 2 bridgehead atoms. The van der Waals surface area contributed by atoms with Gasteiger partial charge in [0.05, 0.1) is 22.9 Å². The molecule has 1 saturated heterocycles. The summed E-state index contributed by atoms with van der Waals surface area (Å²) >= 11 is 3.51. The summed E-state index contributed by atoms with van der Waals surface area (Å²) in [5, 5.41) is 0. The lowest BCUT2D eigenvalue weighted by molar-refractivity contribution is -0.128. The molecule has 152 valence electrons. The highest BCUT2D eigenvalue weighted by molar-refractivity contribution is 9.10. The fourth-order valence-corrected chi connectivity index (χ4v) is 6.37. The van der Waals surface area contributed by atoms with E-state index in [0.717, 1.165) is 38.6 Å². The molecule has 1 fully saturated rings. The molecule has 0 aromatic heterocycles. The number of carbonyl (C=O) groups is 3. The SMILES string of the molecule is Cc1ccc(N2C(=O)[C@H]3C4c5ccccc5C(C=O)(c5ccccc54)[C@H]3C2=O)cc1Br. The number of carbonyl (C=O) groups excluding carboxylic acids is 3. The third kappa shape index (κ3) is 2.12. The normalized spacial score (nSPS) is 27.7. The fraction of sp³-hybridized carbons (Fsp3) is 0.192. The van der Waals surface area contributed by atoms with Crippen LogP contribution < -0.4 is 4.90 Å². The Morgan fingerprint density at radius 2 is 1.52 bits per heavy atom. The smallest absolute Gasteiger partial charge is 0.239 e. The van der Waals surface area contributed by atoms with Gasteiger partial charge in [-0.15, -0.1) is 0 Å². The molecule has 3 aliphatic carbocycles. The topological polar surface area (TPSA) is 54.5 Å². The number of halogens is 1. The molecule has 7 rings (SSSR count). The summed E-state index contributed by atoms with van der Waals surface area (Å²) in [5.41, 5.74) is 4.05. The summed E-state index contributed by atoms with van der Waals surface area (Å²) in [5.74, 6) is -2.11. The van der Waals surface area contributed by atoms with E-state index in [9.17, 15) is 14.4 Å². The van der Waals surface area contributed by atoms with Gasteiger partial charge in [-0.1, -0.05) is 70.5 Å². The van der Waals surface area contributed by atoms with Crippen molar-refractivity contribution in [2.24, 2.45) is 11.8 Å². The number of amides is 2. The summed E-state index contributed by atoms with van der Waals surface area (Å²) in [7, 11) is 0. The van der Waals surface area contributed by atoms with Crippen molar-refractivity contribution in [3.8, 4) is 0 Å². The number of hydrogen-bond donors (Lipinski definition) is 0. The molecule has 3 aromatic rings. The van der Waals surface area contributed by atoms with E-state index in [0.29, 0.717) is 5.69 Å². The number of nitrogens with zero attached hydrogens (tertiary/aromatic N) is 1. The van der Waals surface area contributed by atoms with Gasteiger partial charge in [-0.3, -0.25) is 9.59 Å². The zero-order valence-electron chi connectivity index (χ0n) is 16.7. The third-order valence-electron chi connectivity index (χ3n) is 7.28. The van der Waals surface area contributed by atoms with Crippen LogP contribution in [0.15, 0.2) is 71.2 Å². The first-order valence-electron chi connectivity index (χ1n) is 10.3. The summed E-state index contributed by atoms with van der Waals surface area (Å²) < 4.78 is 0.833. The van der Waals surface area contributed by atoms with Crippen LogP contribution in [0.2, 0.25) is 0 Å². The van der Waals surface area contributed by atoms with Crippen LogP contribution in [0.4, 0.5) is 5.69 Å². The van der Waals surface area contributed by atoms with Crippen LogP contribution in [0.3, 0.4) is 0 Å². The van der Waals surface area contributed by atoms with Gasteiger partial charge in [-0.2, -0.15) is 0 Å². The monoisotopic (exact) mass is 471 g/mol. The maximum absolute atomic E-state index is 13.9. The van der Waals surface area contributed by atoms with Crippen molar-refractivity contribution in [2.75, 3.05) is 4.90 Å². The molecule has 0 radical (unpaired) electrons. The van der Waals surface area contributed by atoms with Crippen LogP contribution >= 0.6 is 15.9 Å². The highest BCUT2D eigenvalue weighted by Crippen LogP contribution is 2.63. The molecule has 4 aliphatic rings. The standard InChI is InChI=1S/C26H18BrNO3/c1-14-10-11-15(12-20(14)27)28-24(30)22-21-16-6-2-4-8-18(16)26(13-29,23(22)25(28)31)19-9-5-3-7-17(19)21/h2-13,21-23H,1H3/t21?,22-,23+,26?/m0/s1. The van der Waals surface area contributed by atoms with Crippen LogP contribution in [-0.4, -0.2) is 18.1 Å². The van der Waals surface area contributed by atoms with Crippen LogP contribution in [0, 0.1) is 18.8 Å². The molecule has 0 saturated carbocycles. The van der Waals surface area contributed by atoms with Crippen molar-refractivity contribution in [2.45, 2.75) is 18.3 Å². The Hall–Kier alpha value is -3.05. The van der Waals surface area contributed by atoms with Crippen molar-refractivity contribution in [3.05, 3.63) is 99.0 Å². The first-order chi connectivity index (χ1) is 15.0. The lowest BCUT2D eigenvalue weighted by atomic mass is 9.48. The van der Waals surface area contributed by atoms with Crippen molar-refractivity contribution in [1.29, 1.82) is 0 Å². The predicted octanol–water partition coefficient (Wildman–Crippen LogP) is 4.51. The zero-order chi connectivity index (χ0) is 21.5. The van der Waals surface area contributed by atoms with Crippen LogP contribution in [0.1, 0.15) is 33.7 Å². The van der Waals surface area contributed by atoms with Crippen molar-refractivity contribution >= 4 is 39.7 Å². The van der Waals surface area contributed by atoms with E-state index in [1.807, 2.05) is 61.5 Å². The lowest BCUT2D eigenvalue weighted by Crippen LogP contribution is -2.54. The minimum Gasteiger partial charge on any atom is -0.302 e. The number of hydrogen-bond acceptors (Lipinski definition) is 3. The summed E-state index contributed by atoms with van der Waals surface area (Å²) in [4.78, 5) is 41.8. The summed E-state index contributed by atoms with van der Waals surface area (Å²) in [6.45, 7) is 1.95. The zero-order valence-corrected chi connectivity index (χ0v) is 18.3. The molecule has 0 spiro atoms. The van der Waals surface area contributed by atoms with Gasteiger partial charge in [0.2, 0.25) is 11.8 Å². The first-order valence-corrected chi connectivity index (χ1v) is 11.1. The molecule has 4 nitrogen and oxygen atoms in total. The largest absolute Gasteiger partial charge is 0.302 e. The summed E-state index contributed by atoms with van der Waals surface area (Å²) in [6.07, 6.45) is 0.900. The van der Waals surface area contributed by atoms with Gasteiger partial charge in [0, 0.05) is 10.4 Å². The molecule has 1 aliphatic heterocycles. The molecule has 0 unspecified atom stereocenters. The number of rotatable bonds is 2. The minimum atomic E-state index is -1.16. The van der Waals surface area contributed by atoms with Crippen LogP contribution in [-0.2, 0) is 19.8 Å². The van der Waals surface area contributed by atoms with Crippen molar-refractivity contribution in [1.82, 2.24) is 0 Å². The molecule has 2 amide bonds. The number of imide groups is 1. The summed E-state index contributed by atoms with van der Waals surface area (Å²) in [6, 6.07) is 21.0. The van der Waals surface area contributed by atoms with Gasteiger partial charge >= 0.3 is 0 Å². The molecule has 3 aromatic carbocycles. The van der Waals surface area contributed by atoms with Gasteiger partial charge in [0.25, 0.3) is 0 Å². The maximum atomic E-state index is 13.9. The van der Waals surface area contributed by atoms with Gasteiger partial charge in [0.1, 0.15) is 6.29 Å².